The van der Waals surface area contributed by atoms with Crippen molar-refractivity contribution in [2.24, 2.45) is 0 Å². The van der Waals surface area contributed by atoms with Gasteiger partial charge in [-0.15, -0.1) is 0 Å². The monoisotopic (exact) mass is 251 g/mol. The van der Waals surface area contributed by atoms with E-state index in [-0.39, 0.29) is 5.78 Å². The van der Waals surface area contributed by atoms with Gasteiger partial charge in [0.1, 0.15) is 6.04 Å². The minimum absolute atomic E-state index is 0.317. The molecule has 3 rings (SSSR count). The second-order valence-corrected chi connectivity index (χ2v) is 4.60. The lowest BCUT2D eigenvalue weighted by Gasteiger charge is -2.38. The van der Waals surface area contributed by atoms with Crippen LogP contribution >= 0.6 is 0 Å². The molecule has 0 unspecified atom stereocenters. The standard InChI is InChI=1S/C16H13NO2/c18-15-14(13-9-5-2-6-10-13)17(16(15)19)11-12-7-3-1-4-8-12/h1-10,14H,11H2/t14-/m1/s1. The molecule has 1 atom stereocenters. The quantitative estimate of drug-likeness (QED) is 0.620. The number of benzene rings is 2. The average molecular weight is 251 g/mol. The molecule has 1 heterocycles. The third-order valence-corrected chi connectivity index (χ3v) is 3.34. The summed E-state index contributed by atoms with van der Waals surface area (Å²) in [5.41, 5.74) is 1.91. The molecule has 2 aromatic carbocycles. The lowest BCUT2D eigenvalue weighted by atomic mass is 9.92. The van der Waals surface area contributed by atoms with E-state index in [1.807, 2.05) is 60.7 Å². The predicted octanol–water partition coefficient (Wildman–Crippen LogP) is 2.34. The van der Waals surface area contributed by atoms with Crippen molar-refractivity contribution in [3.63, 3.8) is 0 Å². The Labute approximate surface area is 111 Å². The van der Waals surface area contributed by atoms with Gasteiger partial charge in [0.15, 0.2) is 0 Å². The summed E-state index contributed by atoms with van der Waals surface area (Å²) in [4.78, 5) is 25.1. The second kappa shape index (κ2) is 4.69. The van der Waals surface area contributed by atoms with Gasteiger partial charge in [-0.25, -0.2) is 0 Å². The molecule has 0 aliphatic carbocycles. The molecule has 94 valence electrons. The van der Waals surface area contributed by atoms with E-state index in [1.165, 1.54) is 0 Å². The summed E-state index contributed by atoms with van der Waals surface area (Å²) in [6.07, 6.45) is 0. The normalized spacial score (nSPS) is 18.3. The van der Waals surface area contributed by atoms with E-state index >= 15 is 0 Å². The van der Waals surface area contributed by atoms with Crippen LogP contribution in [0.4, 0.5) is 0 Å². The number of hydrogen-bond donors (Lipinski definition) is 0. The Morgan fingerprint density at radius 3 is 2.05 bits per heavy atom. The van der Waals surface area contributed by atoms with Gasteiger partial charge >= 0.3 is 0 Å². The fourth-order valence-electron chi connectivity index (χ4n) is 2.36. The number of carbonyl (C=O) groups is 2. The van der Waals surface area contributed by atoms with Crippen molar-refractivity contribution in [2.45, 2.75) is 12.6 Å². The van der Waals surface area contributed by atoms with Crippen LogP contribution in [0.2, 0.25) is 0 Å². The summed E-state index contributed by atoms with van der Waals surface area (Å²) in [6, 6.07) is 18.7. The Hall–Kier alpha value is -2.42. The maximum Gasteiger partial charge on any atom is 0.293 e. The maximum absolute atomic E-state index is 11.8. The smallest absolute Gasteiger partial charge is 0.293 e. The molecule has 3 nitrogen and oxygen atoms in total. The van der Waals surface area contributed by atoms with Crippen molar-refractivity contribution in [1.29, 1.82) is 0 Å². The third-order valence-electron chi connectivity index (χ3n) is 3.34. The van der Waals surface area contributed by atoms with E-state index in [9.17, 15) is 9.59 Å². The van der Waals surface area contributed by atoms with Gasteiger partial charge in [-0.05, 0) is 11.1 Å². The fourth-order valence-corrected chi connectivity index (χ4v) is 2.36. The number of ketones is 1. The number of β-lactam (4-membered cyclic amide) rings is 1. The zero-order valence-corrected chi connectivity index (χ0v) is 10.3. The first-order valence-electron chi connectivity index (χ1n) is 6.21. The molecule has 0 bridgehead atoms. The lowest BCUT2D eigenvalue weighted by molar-refractivity contribution is -0.162. The van der Waals surface area contributed by atoms with Gasteiger partial charge in [-0.1, -0.05) is 60.7 Å². The number of carbonyl (C=O) groups excluding carboxylic acids is 2. The average Bonchev–Trinajstić information content (AvgIpc) is 2.48. The molecule has 19 heavy (non-hydrogen) atoms. The molecule has 1 amide bonds. The number of amides is 1. The molecule has 1 aliphatic heterocycles. The van der Waals surface area contributed by atoms with Crippen LogP contribution in [0.15, 0.2) is 60.7 Å². The second-order valence-electron chi connectivity index (χ2n) is 4.60. The van der Waals surface area contributed by atoms with Crippen LogP contribution in [-0.4, -0.2) is 16.6 Å². The highest BCUT2D eigenvalue weighted by molar-refractivity contribution is 6.44. The Morgan fingerprint density at radius 2 is 1.42 bits per heavy atom. The molecule has 1 aliphatic rings. The minimum Gasteiger partial charge on any atom is -0.317 e. The Morgan fingerprint density at radius 1 is 0.842 bits per heavy atom. The summed E-state index contributed by atoms with van der Waals surface area (Å²) in [5.74, 6) is -0.708. The topological polar surface area (TPSA) is 37.4 Å². The molecular weight excluding hydrogens is 238 g/mol. The lowest BCUT2D eigenvalue weighted by Crippen LogP contribution is -2.54. The van der Waals surface area contributed by atoms with Crippen molar-refractivity contribution < 1.29 is 9.59 Å². The highest BCUT2D eigenvalue weighted by Crippen LogP contribution is 2.32. The highest BCUT2D eigenvalue weighted by Gasteiger charge is 2.46. The first-order valence-corrected chi connectivity index (χ1v) is 6.21. The van der Waals surface area contributed by atoms with Crippen LogP contribution in [0.1, 0.15) is 17.2 Å². The summed E-state index contributed by atoms with van der Waals surface area (Å²) < 4.78 is 0. The molecule has 3 heteroatoms. The van der Waals surface area contributed by atoms with E-state index < -0.39 is 11.9 Å². The van der Waals surface area contributed by atoms with Gasteiger partial charge in [0, 0.05) is 6.54 Å². The summed E-state index contributed by atoms with van der Waals surface area (Å²) in [6.45, 7) is 0.477. The van der Waals surface area contributed by atoms with Gasteiger partial charge in [-0.2, -0.15) is 0 Å². The van der Waals surface area contributed by atoms with Crippen molar-refractivity contribution in [2.75, 3.05) is 0 Å². The Bertz CT molecular complexity index is 607. The molecule has 0 saturated carbocycles. The third kappa shape index (κ3) is 2.03. The zero-order valence-electron chi connectivity index (χ0n) is 10.3. The van der Waals surface area contributed by atoms with Gasteiger partial charge in [-0.3, -0.25) is 9.59 Å². The molecule has 1 saturated heterocycles. The van der Waals surface area contributed by atoms with Crippen molar-refractivity contribution >= 4 is 11.7 Å². The zero-order chi connectivity index (χ0) is 13.2. The summed E-state index contributed by atoms with van der Waals surface area (Å²) in [7, 11) is 0. The van der Waals surface area contributed by atoms with Gasteiger partial charge in [0.05, 0.1) is 0 Å². The van der Waals surface area contributed by atoms with Crippen molar-refractivity contribution in [1.82, 2.24) is 4.90 Å². The number of hydrogen-bond acceptors (Lipinski definition) is 2. The molecule has 0 radical (unpaired) electrons. The molecule has 0 spiro atoms. The first kappa shape index (κ1) is 11.7. The summed E-state index contributed by atoms with van der Waals surface area (Å²) in [5, 5.41) is 0. The molecule has 2 aromatic rings. The number of Topliss-reactive ketones (excluding diaryl/α,β-unsaturated/α-hetero) is 1. The van der Waals surface area contributed by atoms with Crippen LogP contribution in [0.3, 0.4) is 0 Å². The van der Waals surface area contributed by atoms with E-state index in [0.29, 0.717) is 6.54 Å². The molecule has 0 aromatic heterocycles. The van der Waals surface area contributed by atoms with E-state index in [1.54, 1.807) is 4.90 Å². The molecule has 0 N–H and O–H groups in total. The number of nitrogens with zero attached hydrogens (tertiary/aromatic N) is 1. The van der Waals surface area contributed by atoms with E-state index in [0.717, 1.165) is 11.1 Å². The first-order chi connectivity index (χ1) is 9.27. The van der Waals surface area contributed by atoms with Crippen LogP contribution in [-0.2, 0) is 16.1 Å². The van der Waals surface area contributed by atoms with Crippen LogP contribution in [0.25, 0.3) is 0 Å². The van der Waals surface area contributed by atoms with Crippen molar-refractivity contribution in [3.8, 4) is 0 Å². The minimum atomic E-state index is -0.422. The largest absolute Gasteiger partial charge is 0.317 e. The fraction of sp³-hybridized carbons (Fsp3) is 0.125. The van der Waals surface area contributed by atoms with Crippen LogP contribution in [0, 0.1) is 0 Å². The van der Waals surface area contributed by atoms with Gasteiger partial charge < -0.3 is 4.90 Å². The van der Waals surface area contributed by atoms with E-state index in [4.69, 9.17) is 0 Å². The number of likely N-dealkylation sites (tertiary alicyclic amines) is 1. The Kier molecular flexibility index (Phi) is 2.88. The highest BCUT2D eigenvalue weighted by atomic mass is 16.2. The van der Waals surface area contributed by atoms with Crippen LogP contribution < -0.4 is 0 Å². The van der Waals surface area contributed by atoms with Gasteiger partial charge in [0.2, 0.25) is 5.78 Å². The summed E-state index contributed by atoms with van der Waals surface area (Å²) >= 11 is 0. The molecule has 1 fully saturated rings. The van der Waals surface area contributed by atoms with Crippen LogP contribution in [0.5, 0.6) is 0 Å². The molecular formula is C16H13NO2. The SMILES string of the molecule is O=C1C(=O)N(Cc2ccccc2)[C@@H]1c1ccccc1. The predicted molar refractivity (Wildman–Crippen MR) is 71.2 cm³/mol. The van der Waals surface area contributed by atoms with Crippen molar-refractivity contribution in [3.05, 3.63) is 71.8 Å². The Balaban J connectivity index is 1.84. The number of rotatable bonds is 3. The van der Waals surface area contributed by atoms with E-state index in [2.05, 4.69) is 0 Å². The van der Waals surface area contributed by atoms with Gasteiger partial charge in [0.25, 0.3) is 5.91 Å². The maximum atomic E-state index is 11.8.